The number of rotatable bonds is 4. The fraction of sp³-hybridized carbons (Fsp3) is 0.667. The van der Waals surface area contributed by atoms with Crippen LogP contribution in [-0.4, -0.2) is 62.9 Å². The lowest BCUT2D eigenvalue weighted by Crippen LogP contribution is -2.34. The zero-order valence-electron chi connectivity index (χ0n) is 9.63. The molecule has 100 valence electrons. The number of methoxy groups -OCH3 is 1. The molecule has 1 aromatic heterocycles. The van der Waals surface area contributed by atoms with E-state index in [9.17, 15) is 9.90 Å². The third kappa shape index (κ3) is 2.08. The third-order valence-electron chi connectivity index (χ3n) is 2.75. The molecule has 2 heterocycles. The first-order valence-electron chi connectivity index (χ1n) is 5.26. The monoisotopic (exact) mass is 258 g/mol. The summed E-state index contributed by atoms with van der Waals surface area (Å²) in [6.07, 6.45) is -2.01. The van der Waals surface area contributed by atoms with E-state index in [1.54, 1.807) is 0 Å². The van der Waals surface area contributed by atoms with Gasteiger partial charge in [0.05, 0.1) is 6.61 Å². The highest BCUT2D eigenvalue weighted by Crippen LogP contribution is 2.30. The molecule has 0 aliphatic carbocycles. The molecular formula is C9H14N4O5. The lowest BCUT2D eigenvalue weighted by atomic mass is 10.1. The summed E-state index contributed by atoms with van der Waals surface area (Å²) in [5.74, 6) is -0.921. The molecule has 1 aliphatic heterocycles. The Hall–Kier alpha value is -1.55. The molecule has 0 spiro atoms. The van der Waals surface area contributed by atoms with Crippen LogP contribution in [0.15, 0.2) is 6.33 Å². The van der Waals surface area contributed by atoms with Crippen molar-refractivity contribution < 1.29 is 24.5 Å². The van der Waals surface area contributed by atoms with Gasteiger partial charge in [0.2, 0.25) is 5.82 Å². The maximum absolute atomic E-state index is 10.9. The number of primary amides is 1. The maximum Gasteiger partial charge on any atom is 0.288 e. The molecule has 1 aromatic rings. The second-order valence-corrected chi connectivity index (χ2v) is 3.85. The van der Waals surface area contributed by atoms with Crippen molar-refractivity contribution in [1.82, 2.24) is 14.8 Å². The number of hydrogen-bond acceptors (Lipinski definition) is 7. The number of nitrogens with two attached hydrogens (primary N) is 1. The Labute approximate surface area is 102 Å². The van der Waals surface area contributed by atoms with Crippen LogP contribution in [0.4, 0.5) is 0 Å². The molecular weight excluding hydrogens is 244 g/mol. The minimum absolute atomic E-state index is 0.157. The molecule has 9 nitrogen and oxygen atoms in total. The van der Waals surface area contributed by atoms with Crippen molar-refractivity contribution in [2.24, 2.45) is 5.73 Å². The van der Waals surface area contributed by atoms with Crippen molar-refractivity contribution in [3.63, 3.8) is 0 Å². The highest BCUT2D eigenvalue weighted by molar-refractivity contribution is 5.88. The molecule has 4 atom stereocenters. The average molecular weight is 258 g/mol. The number of carbonyl (C=O) groups excluding carboxylic acids is 1. The molecule has 0 radical (unpaired) electrons. The number of hydrogen-bond donors (Lipinski definition) is 3. The van der Waals surface area contributed by atoms with Gasteiger partial charge in [-0.1, -0.05) is 0 Å². The quantitative estimate of drug-likeness (QED) is 0.550. The number of aliphatic hydroxyl groups is 2. The Morgan fingerprint density at radius 1 is 1.72 bits per heavy atom. The van der Waals surface area contributed by atoms with Crippen molar-refractivity contribution in [2.75, 3.05) is 13.7 Å². The molecule has 18 heavy (non-hydrogen) atoms. The van der Waals surface area contributed by atoms with Crippen LogP contribution in [0.1, 0.15) is 16.8 Å². The Morgan fingerprint density at radius 3 is 2.94 bits per heavy atom. The normalized spacial score (nSPS) is 31.7. The first-order chi connectivity index (χ1) is 8.58. The van der Waals surface area contributed by atoms with E-state index in [2.05, 4.69) is 10.1 Å². The van der Waals surface area contributed by atoms with Crippen molar-refractivity contribution in [3.8, 4) is 0 Å². The highest BCUT2D eigenvalue weighted by atomic mass is 16.6. The number of ether oxygens (including phenoxy) is 2. The van der Waals surface area contributed by atoms with Gasteiger partial charge in [-0.25, -0.2) is 9.67 Å². The van der Waals surface area contributed by atoms with Crippen LogP contribution in [0, 0.1) is 0 Å². The van der Waals surface area contributed by atoms with Crippen LogP contribution >= 0.6 is 0 Å². The zero-order chi connectivity index (χ0) is 13.3. The minimum Gasteiger partial charge on any atom is -0.394 e. The predicted molar refractivity (Wildman–Crippen MR) is 56.3 cm³/mol. The lowest BCUT2D eigenvalue weighted by Gasteiger charge is -2.18. The van der Waals surface area contributed by atoms with E-state index in [1.807, 2.05) is 0 Å². The predicted octanol–water partition coefficient (Wildman–Crippen LogP) is -2.36. The Kier molecular flexibility index (Phi) is 3.57. The van der Waals surface area contributed by atoms with Crippen LogP contribution in [0.3, 0.4) is 0 Å². The van der Waals surface area contributed by atoms with Gasteiger partial charge in [-0.3, -0.25) is 4.79 Å². The second-order valence-electron chi connectivity index (χ2n) is 3.85. The summed E-state index contributed by atoms with van der Waals surface area (Å²) < 4.78 is 11.7. The smallest absolute Gasteiger partial charge is 0.288 e. The first kappa shape index (κ1) is 12.9. The second kappa shape index (κ2) is 4.98. The largest absolute Gasteiger partial charge is 0.394 e. The lowest BCUT2D eigenvalue weighted by molar-refractivity contribution is -0.0666. The molecule has 1 saturated heterocycles. The average Bonchev–Trinajstić information content (AvgIpc) is 2.93. The first-order valence-corrected chi connectivity index (χ1v) is 5.26. The summed E-state index contributed by atoms with van der Waals surface area (Å²) in [6.45, 7) is -0.352. The van der Waals surface area contributed by atoms with Gasteiger partial charge in [-0.15, -0.1) is 5.10 Å². The minimum atomic E-state index is -0.994. The van der Waals surface area contributed by atoms with Gasteiger partial charge >= 0.3 is 0 Å². The Balaban J connectivity index is 2.23. The number of nitrogens with zero attached hydrogens (tertiary/aromatic N) is 3. The topological polar surface area (TPSA) is 133 Å². The van der Waals surface area contributed by atoms with E-state index in [0.29, 0.717) is 0 Å². The number of aliphatic hydroxyl groups excluding tert-OH is 2. The molecule has 2 rings (SSSR count). The van der Waals surface area contributed by atoms with E-state index < -0.39 is 30.4 Å². The van der Waals surface area contributed by atoms with Crippen LogP contribution in [0.2, 0.25) is 0 Å². The summed E-state index contributed by atoms with van der Waals surface area (Å²) >= 11 is 0. The molecule has 9 heteroatoms. The van der Waals surface area contributed by atoms with E-state index in [-0.39, 0.29) is 12.4 Å². The molecule has 0 bridgehead atoms. The van der Waals surface area contributed by atoms with Crippen LogP contribution < -0.4 is 5.73 Å². The summed E-state index contributed by atoms with van der Waals surface area (Å²) in [7, 11) is 1.40. The standard InChI is InChI=1S/C9H14N4O5/c1-17-6-5(15)4(2-14)18-9(6)13-3-11-8(12-13)7(10)16/h3-6,9,14-15H,2H2,1H3,(H2,10,16)/t4-,5-,6-,9-/m1/s1. The fourth-order valence-electron chi connectivity index (χ4n) is 1.85. The SMILES string of the molecule is CO[C@@H]1[C@H](O)[C@@H](CO)O[C@H]1n1cnc(C(N)=O)n1. The van der Waals surface area contributed by atoms with Gasteiger partial charge in [0.1, 0.15) is 24.6 Å². The van der Waals surface area contributed by atoms with Crippen LogP contribution in [0.25, 0.3) is 0 Å². The van der Waals surface area contributed by atoms with E-state index in [1.165, 1.54) is 18.1 Å². The van der Waals surface area contributed by atoms with Crippen molar-refractivity contribution in [3.05, 3.63) is 12.2 Å². The van der Waals surface area contributed by atoms with Crippen LogP contribution in [0.5, 0.6) is 0 Å². The van der Waals surface area contributed by atoms with E-state index in [4.69, 9.17) is 20.3 Å². The van der Waals surface area contributed by atoms with Crippen molar-refractivity contribution in [1.29, 1.82) is 0 Å². The van der Waals surface area contributed by atoms with Gasteiger partial charge in [0.25, 0.3) is 5.91 Å². The van der Waals surface area contributed by atoms with Gasteiger partial charge in [-0.05, 0) is 0 Å². The van der Waals surface area contributed by atoms with E-state index in [0.717, 1.165) is 0 Å². The Bertz CT molecular complexity index is 436. The number of amides is 1. The molecule has 0 unspecified atom stereocenters. The Morgan fingerprint density at radius 2 is 2.44 bits per heavy atom. The van der Waals surface area contributed by atoms with Crippen molar-refractivity contribution >= 4 is 5.91 Å². The number of aromatic nitrogens is 3. The van der Waals surface area contributed by atoms with Gasteiger partial charge in [0.15, 0.2) is 6.23 Å². The molecule has 1 fully saturated rings. The maximum atomic E-state index is 10.9. The molecule has 0 saturated carbocycles. The third-order valence-corrected chi connectivity index (χ3v) is 2.75. The fourth-order valence-corrected chi connectivity index (χ4v) is 1.85. The summed E-state index contributed by atoms with van der Waals surface area (Å²) in [5.41, 5.74) is 5.03. The van der Waals surface area contributed by atoms with E-state index >= 15 is 0 Å². The molecule has 0 aromatic carbocycles. The van der Waals surface area contributed by atoms with Gasteiger partial charge in [0, 0.05) is 7.11 Å². The molecule has 1 aliphatic rings. The van der Waals surface area contributed by atoms with Crippen molar-refractivity contribution in [2.45, 2.75) is 24.5 Å². The van der Waals surface area contributed by atoms with Gasteiger partial charge < -0.3 is 25.4 Å². The van der Waals surface area contributed by atoms with Crippen LogP contribution in [-0.2, 0) is 9.47 Å². The molecule has 1 amide bonds. The molecule has 4 N–H and O–H groups in total. The highest BCUT2D eigenvalue weighted by Gasteiger charge is 2.45. The summed E-state index contributed by atoms with van der Waals surface area (Å²) in [5, 5.41) is 22.7. The zero-order valence-corrected chi connectivity index (χ0v) is 9.63. The summed E-state index contributed by atoms with van der Waals surface area (Å²) in [4.78, 5) is 14.6. The number of carbonyl (C=O) groups is 1. The summed E-state index contributed by atoms with van der Waals surface area (Å²) in [6, 6.07) is 0. The van der Waals surface area contributed by atoms with Gasteiger partial charge in [-0.2, -0.15) is 0 Å².